The minimum Gasteiger partial charge on any atom is -0.507 e. The molecule has 1 atom stereocenters. The number of carbonyl (C=O) groups excluding carboxylic acids is 3. The topological polar surface area (TPSA) is 96.8 Å². The molecule has 0 bridgehead atoms. The van der Waals surface area contributed by atoms with Crippen molar-refractivity contribution in [2.24, 2.45) is 0 Å². The van der Waals surface area contributed by atoms with Crippen LogP contribution in [0.5, 0.6) is 0 Å². The number of aliphatic hydroxyl groups excluding tert-OH is 1. The van der Waals surface area contributed by atoms with E-state index in [-0.39, 0.29) is 22.0 Å². The number of esters is 1. The van der Waals surface area contributed by atoms with Crippen molar-refractivity contribution < 1.29 is 28.6 Å². The summed E-state index contributed by atoms with van der Waals surface area (Å²) >= 11 is 7.00. The lowest BCUT2D eigenvalue weighted by Crippen LogP contribution is -2.29. The largest absolute Gasteiger partial charge is 0.507 e. The lowest BCUT2D eigenvalue weighted by molar-refractivity contribution is -0.132. The number of carbonyl (C=O) groups is 3. The lowest BCUT2D eigenvalue weighted by atomic mass is 9.95. The molecule has 1 aromatic heterocycles. The van der Waals surface area contributed by atoms with Crippen molar-refractivity contribution >= 4 is 61.7 Å². The number of benzene rings is 3. The number of fused-ring (bicyclic) bond motifs is 1. The highest BCUT2D eigenvalue weighted by Gasteiger charge is 2.48. The van der Waals surface area contributed by atoms with Gasteiger partial charge in [0, 0.05) is 10.6 Å². The zero-order valence-electron chi connectivity index (χ0n) is 18.6. The second-order valence-electron chi connectivity index (χ2n) is 7.90. The summed E-state index contributed by atoms with van der Waals surface area (Å²) in [6.07, 6.45) is 0. The molecule has 1 amide bonds. The fraction of sp³-hybridized carbons (Fsp3) is 0.0769. The van der Waals surface area contributed by atoms with Crippen LogP contribution in [0, 0.1) is 5.82 Å². The van der Waals surface area contributed by atoms with Gasteiger partial charge in [-0.25, -0.2) is 14.2 Å². The molecule has 1 fully saturated rings. The number of aromatic nitrogens is 1. The van der Waals surface area contributed by atoms with Gasteiger partial charge in [-0.05, 0) is 60.2 Å². The van der Waals surface area contributed by atoms with Crippen molar-refractivity contribution in [2.75, 3.05) is 12.0 Å². The van der Waals surface area contributed by atoms with Gasteiger partial charge < -0.3 is 9.84 Å². The Bertz CT molecular complexity index is 1560. The minimum absolute atomic E-state index is 0.154. The highest BCUT2D eigenvalue weighted by molar-refractivity contribution is 7.22. The van der Waals surface area contributed by atoms with Crippen molar-refractivity contribution in [3.63, 3.8) is 0 Å². The number of hydrogen-bond donors (Lipinski definition) is 1. The summed E-state index contributed by atoms with van der Waals surface area (Å²) in [7, 11) is 1.26. The van der Waals surface area contributed by atoms with E-state index >= 15 is 0 Å². The van der Waals surface area contributed by atoms with Gasteiger partial charge >= 0.3 is 11.9 Å². The second kappa shape index (κ2) is 9.18. The zero-order chi connectivity index (χ0) is 25.6. The van der Waals surface area contributed by atoms with Gasteiger partial charge in [-0.3, -0.25) is 14.5 Å². The first-order valence-electron chi connectivity index (χ1n) is 10.6. The van der Waals surface area contributed by atoms with Crippen molar-refractivity contribution in [3.8, 4) is 0 Å². The highest BCUT2D eigenvalue weighted by atomic mass is 35.5. The summed E-state index contributed by atoms with van der Waals surface area (Å²) in [4.78, 5) is 44.1. The van der Waals surface area contributed by atoms with Gasteiger partial charge in [0.05, 0.1) is 34.5 Å². The first kappa shape index (κ1) is 23.7. The fourth-order valence-corrected chi connectivity index (χ4v) is 5.16. The molecule has 5 rings (SSSR count). The highest BCUT2D eigenvalue weighted by Crippen LogP contribution is 2.44. The Kier molecular flexibility index (Phi) is 6.03. The molecule has 10 heteroatoms. The summed E-state index contributed by atoms with van der Waals surface area (Å²) in [5.74, 6) is -3.20. The van der Waals surface area contributed by atoms with Crippen LogP contribution in [0.2, 0.25) is 5.02 Å². The van der Waals surface area contributed by atoms with Crippen LogP contribution in [0.15, 0.2) is 72.3 Å². The Morgan fingerprint density at radius 1 is 1.06 bits per heavy atom. The zero-order valence-corrected chi connectivity index (χ0v) is 20.1. The summed E-state index contributed by atoms with van der Waals surface area (Å²) in [5, 5.41) is 11.7. The second-order valence-corrected chi connectivity index (χ2v) is 9.34. The molecule has 1 aliphatic heterocycles. The van der Waals surface area contributed by atoms with Gasteiger partial charge in [-0.2, -0.15) is 0 Å². The molecule has 0 radical (unpaired) electrons. The van der Waals surface area contributed by atoms with Crippen LogP contribution < -0.4 is 4.90 Å². The molecule has 0 spiro atoms. The molecule has 1 saturated heterocycles. The smallest absolute Gasteiger partial charge is 0.337 e. The third kappa shape index (κ3) is 4.02. The van der Waals surface area contributed by atoms with E-state index in [9.17, 15) is 23.9 Å². The Morgan fingerprint density at radius 2 is 1.72 bits per heavy atom. The SMILES string of the molecule is COC(=O)c1ccc([C@@H]2/C(=C(\O)c3ccc(Cl)cc3)C(=O)C(=O)N2c2nc3ccc(F)cc3s2)cc1. The Balaban J connectivity index is 1.70. The van der Waals surface area contributed by atoms with Crippen LogP contribution >= 0.6 is 22.9 Å². The van der Waals surface area contributed by atoms with Gasteiger partial charge in [0.2, 0.25) is 0 Å². The van der Waals surface area contributed by atoms with Crippen LogP contribution in [0.1, 0.15) is 27.5 Å². The number of Topliss-reactive ketones (excluding diaryl/α,β-unsaturated/α-hetero) is 1. The van der Waals surface area contributed by atoms with E-state index in [0.717, 1.165) is 11.3 Å². The number of ketones is 1. The van der Waals surface area contributed by atoms with Crippen LogP contribution in [-0.2, 0) is 14.3 Å². The number of nitrogens with zero attached hydrogens (tertiary/aromatic N) is 2. The Morgan fingerprint density at radius 3 is 2.39 bits per heavy atom. The van der Waals surface area contributed by atoms with Gasteiger partial charge in [-0.15, -0.1) is 0 Å². The molecule has 36 heavy (non-hydrogen) atoms. The van der Waals surface area contributed by atoms with E-state index < -0.39 is 29.5 Å². The molecular formula is C26H16ClFN2O5S. The molecule has 1 N–H and O–H groups in total. The maximum Gasteiger partial charge on any atom is 0.337 e. The van der Waals surface area contributed by atoms with E-state index in [1.165, 1.54) is 54.5 Å². The number of hydrogen-bond acceptors (Lipinski definition) is 7. The molecular weight excluding hydrogens is 507 g/mol. The van der Waals surface area contributed by atoms with Crippen molar-refractivity contribution in [2.45, 2.75) is 6.04 Å². The number of aliphatic hydroxyl groups is 1. The maximum atomic E-state index is 13.8. The van der Waals surface area contributed by atoms with Gasteiger partial charge in [0.25, 0.3) is 5.78 Å². The van der Waals surface area contributed by atoms with Crippen molar-refractivity contribution in [1.82, 2.24) is 4.98 Å². The third-order valence-corrected chi connectivity index (χ3v) is 7.02. The van der Waals surface area contributed by atoms with E-state index in [1.54, 1.807) is 24.3 Å². The number of ether oxygens (including phenoxy) is 1. The molecule has 1 aliphatic rings. The molecule has 0 saturated carbocycles. The normalized spacial score (nSPS) is 17.1. The summed E-state index contributed by atoms with van der Waals surface area (Å²) in [5.41, 5.74) is 1.31. The first-order chi connectivity index (χ1) is 17.3. The van der Waals surface area contributed by atoms with Crippen LogP contribution in [0.25, 0.3) is 16.0 Å². The average Bonchev–Trinajstić information content (AvgIpc) is 3.41. The molecule has 180 valence electrons. The molecule has 3 aromatic carbocycles. The Labute approximate surface area is 213 Å². The van der Waals surface area contributed by atoms with E-state index in [1.807, 2.05) is 0 Å². The van der Waals surface area contributed by atoms with Crippen LogP contribution in [0.3, 0.4) is 0 Å². The molecule has 4 aromatic rings. The maximum absolute atomic E-state index is 13.8. The number of anilines is 1. The monoisotopic (exact) mass is 522 g/mol. The summed E-state index contributed by atoms with van der Waals surface area (Å²) < 4.78 is 19.0. The van der Waals surface area contributed by atoms with Gasteiger partial charge in [0.1, 0.15) is 11.6 Å². The summed E-state index contributed by atoms with van der Waals surface area (Å²) in [6, 6.07) is 15.3. The number of rotatable bonds is 4. The Hall–Kier alpha value is -4.08. The molecule has 7 nitrogen and oxygen atoms in total. The molecule has 0 unspecified atom stereocenters. The number of halogens is 2. The van der Waals surface area contributed by atoms with Gasteiger partial charge in [-0.1, -0.05) is 35.1 Å². The van der Waals surface area contributed by atoms with Gasteiger partial charge in [0.15, 0.2) is 5.13 Å². The van der Waals surface area contributed by atoms with E-state index in [4.69, 9.17) is 16.3 Å². The predicted molar refractivity (Wildman–Crippen MR) is 134 cm³/mol. The van der Waals surface area contributed by atoms with Crippen molar-refractivity contribution in [1.29, 1.82) is 0 Å². The molecule has 2 heterocycles. The number of thiazole rings is 1. The van der Waals surface area contributed by atoms with Crippen LogP contribution in [-0.4, -0.2) is 34.9 Å². The van der Waals surface area contributed by atoms with Crippen LogP contribution in [0.4, 0.5) is 9.52 Å². The quantitative estimate of drug-likeness (QED) is 0.164. The standard InChI is InChI=1S/C26H16ClFN2O5S/c1-35-25(34)15-4-2-13(3-5-15)21-20(22(31)14-6-8-16(27)9-7-14)23(32)24(33)30(21)26-29-18-11-10-17(28)12-19(18)36-26/h2-12,21,31H,1H3/b22-20+/t21-/m1/s1. The first-order valence-corrected chi connectivity index (χ1v) is 11.8. The minimum atomic E-state index is -1.06. The number of amides is 1. The van der Waals surface area contributed by atoms with Crippen molar-refractivity contribution in [3.05, 3.63) is 99.8 Å². The predicted octanol–water partition coefficient (Wildman–Crippen LogP) is 5.50. The van der Waals surface area contributed by atoms with E-state index in [0.29, 0.717) is 26.4 Å². The fourth-order valence-electron chi connectivity index (χ4n) is 4.02. The molecule has 0 aliphatic carbocycles. The lowest BCUT2D eigenvalue weighted by Gasteiger charge is -2.23. The third-order valence-electron chi connectivity index (χ3n) is 5.75. The average molecular weight is 523 g/mol. The van der Waals surface area contributed by atoms with E-state index in [2.05, 4.69) is 4.98 Å². The summed E-state index contributed by atoms with van der Waals surface area (Å²) in [6.45, 7) is 0. The number of methoxy groups -OCH3 is 1.